The van der Waals surface area contributed by atoms with E-state index in [-0.39, 0.29) is 34.0 Å². The van der Waals surface area contributed by atoms with Crippen LogP contribution in [-0.2, 0) is 32.3 Å². The Labute approximate surface area is 175 Å². The fraction of sp³-hybridized carbons (Fsp3) is 0.263. The van der Waals surface area contributed by atoms with Gasteiger partial charge in [-0.05, 0) is 24.3 Å². The van der Waals surface area contributed by atoms with Crippen molar-refractivity contribution in [2.75, 3.05) is 14.2 Å². The Morgan fingerprint density at radius 1 is 0.774 bits per heavy atom. The Balaban J connectivity index is 1.92. The van der Waals surface area contributed by atoms with E-state index in [0.717, 1.165) is 0 Å². The largest absolute Gasteiger partial charge is 0.497 e. The van der Waals surface area contributed by atoms with Crippen LogP contribution in [0.4, 0.5) is 11.4 Å². The third kappa shape index (κ3) is 6.39. The molecule has 12 nitrogen and oxygen atoms in total. The van der Waals surface area contributed by atoms with E-state index in [9.17, 15) is 29.8 Å². The minimum atomic E-state index is -0.973. The van der Waals surface area contributed by atoms with Gasteiger partial charge in [-0.15, -0.1) is 0 Å². The van der Waals surface area contributed by atoms with E-state index in [4.69, 9.17) is 18.9 Å². The van der Waals surface area contributed by atoms with Gasteiger partial charge in [-0.1, -0.05) is 0 Å². The van der Waals surface area contributed by atoms with Gasteiger partial charge in [-0.2, -0.15) is 0 Å². The quantitative estimate of drug-likeness (QED) is 0.235. The van der Waals surface area contributed by atoms with Gasteiger partial charge in [0.05, 0.1) is 47.3 Å². The Morgan fingerprint density at radius 2 is 1.16 bits per heavy atom. The van der Waals surface area contributed by atoms with E-state index < -0.39 is 41.4 Å². The molecule has 0 bridgehead atoms. The smallest absolute Gasteiger partial charge is 0.317 e. The predicted octanol–water partition coefficient (Wildman–Crippen LogP) is 2.70. The summed E-state index contributed by atoms with van der Waals surface area (Å²) in [5, 5.41) is 22.3. The van der Waals surface area contributed by atoms with Crippen molar-refractivity contribution in [3.8, 4) is 11.5 Å². The lowest BCUT2D eigenvalue weighted by atomic mass is 10.2. The van der Waals surface area contributed by atoms with Gasteiger partial charge in [0, 0.05) is 0 Å². The van der Waals surface area contributed by atoms with Gasteiger partial charge in [0.25, 0.3) is 11.4 Å². The summed E-state index contributed by atoms with van der Waals surface area (Å²) in [4.78, 5) is 44.7. The van der Waals surface area contributed by atoms with Crippen LogP contribution >= 0.6 is 0 Å². The summed E-state index contributed by atoms with van der Waals surface area (Å²) in [6, 6.07) is 8.02. The normalized spacial score (nSPS) is 10.1. The van der Waals surface area contributed by atoms with E-state index in [1.165, 1.54) is 50.6 Å². The van der Waals surface area contributed by atoms with Crippen molar-refractivity contribution in [2.45, 2.75) is 19.6 Å². The van der Waals surface area contributed by atoms with E-state index in [1.807, 2.05) is 0 Å². The van der Waals surface area contributed by atoms with Crippen LogP contribution in [0.15, 0.2) is 36.4 Å². The number of nitrogens with zero attached hydrogens (tertiary/aromatic N) is 2. The minimum absolute atomic E-state index is 0.112. The summed E-state index contributed by atoms with van der Waals surface area (Å²) in [5.41, 5.74) is -0.383. The Hall–Kier alpha value is -4.22. The molecule has 0 radical (unpaired) electrons. The molecule has 164 valence electrons. The van der Waals surface area contributed by atoms with Gasteiger partial charge in [-0.25, -0.2) is 0 Å². The molecule has 0 aliphatic heterocycles. The molecule has 0 N–H and O–H groups in total. The maximum absolute atomic E-state index is 11.9. The van der Waals surface area contributed by atoms with Crippen LogP contribution in [0.3, 0.4) is 0 Å². The molecule has 0 unspecified atom stereocenters. The second kappa shape index (κ2) is 10.5. The fourth-order valence-electron chi connectivity index (χ4n) is 2.46. The summed E-state index contributed by atoms with van der Waals surface area (Å²) in [5.74, 6) is -1.42. The van der Waals surface area contributed by atoms with Crippen molar-refractivity contribution in [3.05, 3.63) is 67.8 Å². The first-order valence-electron chi connectivity index (χ1n) is 8.69. The van der Waals surface area contributed by atoms with E-state index in [2.05, 4.69) is 0 Å². The lowest BCUT2D eigenvalue weighted by Gasteiger charge is -2.08. The molecule has 0 saturated heterocycles. The van der Waals surface area contributed by atoms with Crippen molar-refractivity contribution in [3.63, 3.8) is 0 Å². The summed E-state index contributed by atoms with van der Waals surface area (Å²) >= 11 is 0. The predicted molar refractivity (Wildman–Crippen MR) is 104 cm³/mol. The summed E-state index contributed by atoms with van der Waals surface area (Å²) in [6.45, 7) is -0.868. The number of hydrogen-bond acceptors (Lipinski definition) is 10. The Morgan fingerprint density at radius 3 is 1.48 bits per heavy atom. The topological polar surface area (TPSA) is 157 Å². The van der Waals surface area contributed by atoms with Crippen molar-refractivity contribution in [2.24, 2.45) is 0 Å². The van der Waals surface area contributed by atoms with Crippen molar-refractivity contribution >= 4 is 23.3 Å². The van der Waals surface area contributed by atoms with E-state index in [1.54, 1.807) is 0 Å². The minimum Gasteiger partial charge on any atom is -0.497 e. The number of methoxy groups -OCH3 is 2. The molecule has 0 aromatic heterocycles. The molecule has 2 aromatic rings. The third-order valence-corrected chi connectivity index (χ3v) is 4.04. The number of benzene rings is 2. The number of nitro groups is 2. The van der Waals surface area contributed by atoms with Crippen LogP contribution in [-0.4, -0.2) is 36.0 Å². The lowest BCUT2D eigenvalue weighted by Crippen LogP contribution is -2.14. The zero-order valence-electron chi connectivity index (χ0n) is 16.6. The second-order valence-electron chi connectivity index (χ2n) is 6.00. The van der Waals surface area contributed by atoms with Gasteiger partial charge in [-0.3, -0.25) is 29.8 Å². The van der Waals surface area contributed by atoms with Crippen molar-refractivity contribution in [1.29, 1.82) is 0 Å². The lowest BCUT2D eigenvalue weighted by molar-refractivity contribution is -0.386. The third-order valence-electron chi connectivity index (χ3n) is 4.04. The first-order valence-corrected chi connectivity index (χ1v) is 8.69. The molecule has 0 aliphatic rings. The van der Waals surface area contributed by atoms with Crippen LogP contribution in [0.25, 0.3) is 0 Å². The highest BCUT2D eigenvalue weighted by atomic mass is 16.6. The molecule has 12 heteroatoms. The number of esters is 2. The van der Waals surface area contributed by atoms with Crippen LogP contribution in [0.5, 0.6) is 11.5 Å². The maximum Gasteiger partial charge on any atom is 0.317 e. The Bertz CT molecular complexity index is 926. The molecule has 0 saturated carbocycles. The number of carbonyl (C=O) groups excluding carboxylic acids is 2. The highest BCUT2D eigenvalue weighted by Gasteiger charge is 2.20. The van der Waals surface area contributed by atoms with Crippen LogP contribution < -0.4 is 9.47 Å². The molecule has 2 aromatic carbocycles. The first kappa shape index (κ1) is 23.1. The molecule has 0 spiro atoms. The SMILES string of the molecule is COc1ccc(COC(=O)CC(=O)OCc2ccc(OC)cc2[N+](=O)[O-])c([N+](=O)[O-])c1. The number of carbonyl (C=O) groups is 2. The molecule has 0 fully saturated rings. The maximum atomic E-state index is 11.9. The molecule has 0 heterocycles. The molecule has 2 rings (SSSR count). The molecular formula is C19H18N2O10. The first-order chi connectivity index (χ1) is 14.7. The number of nitro benzene ring substituents is 2. The summed E-state index contributed by atoms with van der Waals surface area (Å²) in [6.07, 6.45) is -0.770. The molecule has 0 atom stereocenters. The van der Waals surface area contributed by atoms with Crippen molar-refractivity contribution in [1.82, 2.24) is 0 Å². The highest BCUT2D eigenvalue weighted by Crippen LogP contribution is 2.26. The van der Waals surface area contributed by atoms with Crippen LogP contribution in [0.1, 0.15) is 17.5 Å². The standard InChI is InChI=1S/C19H18N2O10/c1-28-14-5-3-12(16(7-14)20(24)25)10-30-18(22)9-19(23)31-11-13-4-6-15(29-2)8-17(13)21(26)27/h3-8H,9-11H2,1-2H3. The fourth-order valence-corrected chi connectivity index (χ4v) is 2.46. The average Bonchev–Trinajstić information content (AvgIpc) is 2.75. The van der Waals surface area contributed by atoms with Gasteiger partial charge >= 0.3 is 11.9 Å². The zero-order chi connectivity index (χ0) is 23.0. The van der Waals surface area contributed by atoms with Crippen LogP contribution in [0.2, 0.25) is 0 Å². The Kier molecular flexibility index (Phi) is 7.83. The van der Waals surface area contributed by atoms with Gasteiger partial charge in [0.1, 0.15) is 31.1 Å². The van der Waals surface area contributed by atoms with E-state index in [0.29, 0.717) is 0 Å². The monoisotopic (exact) mass is 434 g/mol. The van der Waals surface area contributed by atoms with E-state index >= 15 is 0 Å². The van der Waals surface area contributed by atoms with Gasteiger partial charge < -0.3 is 18.9 Å². The van der Waals surface area contributed by atoms with Gasteiger partial charge in [0.15, 0.2) is 0 Å². The summed E-state index contributed by atoms with van der Waals surface area (Å²) < 4.78 is 19.6. The average molecular weight is 434 g/mol. The summed E-state index contributed by atoms with van der Waals surface area (Å²) in [7, 11) is 2.70. The molecular weight excluding hydrogens is 416 g/mol. The van der Waals surface area contributed by atoms with Crippen molar-refractivity contribution < 1.29 is 38.4 Å². The van der Waals surface area contributed by atoms with Gasteiger partial charge in [0.2, 0.25) is 0 Å². The molecule has 31 heavy (non-hydrogen) atoms. The molecule has 0 amide bonds. The van der Waals surface area contributed by atoms with Crippen LogP contribution in [0, 0.1) is 20.2 Å². The zero-order valence-corrected chi connectivity index (χ0v) is 16.6. The number of rotatable bonds is 10. The highest BCUT2D eigenvalue weighted by molar-refractivity contribution is 5.91. The second-order valence-corrected chi connectivity index (χ2v) is 6.00. The number of hydrogen-bond donors (Lipinski definition) is 0. The number of ether oxygens (including phenoxy) is 4. The molecule has 0 aliphatic carbocycles.